The minimum absolute atomic E-state index is 0.261. The topological polar surface area (TPSA) is 105 Å². The average Bonchev–Trinajstić information content (AvgIpc) is 3.46. The Bertz CT molecular complexity index is 1190. The fourth-order valence-corrected chi connectivity index (χ4v) is 5.22. The second-order valence-electron chi connectivity index (χ2n) is 11.1. The first kappa shape index (κ1) is 33.8. The van der Waals surface area contributed by atoms with E-state index in [0.717, 1.165) is 55.8 Å². The number of hydrogen-bond acceptors (Lipinski definition) is 10. The first-order valence-electron chi connectivity index (χ1n) is 15.9. The molecule has 4 rings (SSSR count). The van der Waals surface area contributed by atoms with Crippen LogP contribution in [0.4, 0.5) is 11.8 Å². The van der Waals surface area contributed by atoms with Gasteiger partial charge in [0.2, 0.25) is 5.95 Å². The average molecular weight is 611 g/mol. The summed E-state index contributed by atoms with van der Waals surface area (Å²) in [6.07, 6.45) is 9.03. The lowest BCUT2D eigenvalue weighted by Gasteiger charge is -2.29. The van der Waals surface area contributed by atoms with Gasteiger partial charge in [0.05, 0.1) is 83.0 Å². The summed E-state index contributed by atoms with van der Waals surface area (Å²) >= 11 is 0. The van der Waals surface area contributed by atoms with Gasteiger partial charge in [0.15, 0.2) is 0 Å². The zero-order chi connectivity index (χ0) is 30.8. The van der Waals surface area contributed by atoms with Crippen LogP contribution in [0.25, 0.3) is 11.3 Å². The monoisotopic (exact) mass is 610 g/mol. The summed E-state index contributed by atoms with van der Waals surface area (Å²) in [7, 11) is 4.07. The second kappa shape index (κ2) is 19.3. The van der Waals surface area contributed by atoms with Crippen molar-refractivity contribution in [1.29, 1.82) is 0 Å². The summed E-state index contributed by atoms with van der Waals surface area (Å²) in [6, 6.07) is 12.6. The standard InChI is InChI=1S/C33H50N6O5/c1-4-16-40-17-18-41-19-20-42-21-22-43-23-24-44-29-12-10-28(11-13-29)36-33-34-15-14-31(37-33)30-25-35-39(32(30)38(2)3)26-27-8-6-5-7-9-27/h5-9,14-15,25,28-29H,4,10-13,16-24,26H2,1-3H3,(H,34,36,37). The van der Waals surface area contributed by atoms with Crippen LogP contribution in [0.15, 0.2) is 48.8 Å². The molecule has 1 aromatic carbocycles. The number of benzene rings is 1. The van der Waals surface area contributed by atoms with Crippen LogP contribution in [-0.4, -0.2) is 105 Å². The third kappa shape index (κ3) is 11.4. The molecule has 0 radical (unpaired) electrons. The normalized spacial score (nSPS) is 16.7. The van der Waals surface area contributed by atoms with Crippen LogP contribution in [0.5, 0.6) is 0 Å². The Morgan fingerprint density at radius 3 is 2.09 bits per heavy atom. The van der Waals surface area contributed by atoms with E-state index in [2.05, 4.69) is 51.5 Å². The van der Waals surface area contributed by atoms with Crippen molar-refractivity contribution in [2.24, 2.45) is 0 Å². The summed E-state index contributed by atoms with van der Waals surface area (Å²) in [5.74, 6) is 1.66. The van der Waals surface area contributed by atoms with Gasteiger partial charge in [-0.15, -0.1) is 0 Å². The van der Waals surface area contributed by atoms with Crippen LogP contribution >= 0.6 is 0 Å². The fourth-order valence-electron chi connectivity index (χ4n) is 5.22. The molecule has 0 amide bonds. The van der Waals surface area contributed by atoms with E-state index in [1.165, 1.54) is 5.56 Å². The van der Waals surface area contributed by atoms with E-state index in [-0.39, 0.29) is 6.10 Å². The number of anilines is 2. The second-order valence-corrected chi connectivity index (χ2v) is 11.1. The maximum atomic E-state index is 6.07. The van der Waals surface area contributed by atoms with Gasteiger partial charge >= 0.3 is 0 Å². The molecule has 3 aromatic rings. The summed E-state index contributed by atoms with van der Waals surface area (Å²) in [5, 5.41) is 8.24. The summed E-state index contributed by atoms with van der Waals surface area (Å²) in [4.78, 5) is 11.5. The van der Waals surface area contributed by atoms with Crippen molar-refractivity contribution in [2.75, 3.05) is 83.8 Å². The van der Waals surface area contributed by atoms with Crippen molar-refractivity contribution in [1.82, 2.24) is 19.7 Å². The lowest BCUT2D eigenvalue weighted by molar-refractivity contribution is -0.0300. The molecule has 2 aromatic heterocycles. The minimum Gasteiger partial charge on any atom is -0.379 e. The Kier molecular flexibility index (Phi) is 14.8. The molecule has 1 N–H and O–H groups in total. The van der Waals surface area contributed by atoms with Crippen LogP contribution in [-0.2, 0) is 30.2 Å². The van der Waals surface area contributed by atoms with Gasteiger partial charge in [-0.05, 0) is 43.7 Å². The van der Waals surface area contributed by atoms with E-state index < -0.39 is 0 Å². The van der Waals surface area contributed by atoms with E-state index in [9.17, 15) is 0 Å². The lowest BCUT2D eigenvalue weighted by atomic mass is 9.93. The van der Waals surface area contributed by atoms with E-state index in [4.69, 9.17) is 28.7 Å². The Balaban J connectivity index is 1.11. The number of rotatable bonds is 21. The molecule has 0 saturated heterocycles. The maximum Gasteiger partial charge on any atom is 0.223 e. The zero-order valence-electron chi connectivity index (χ0n) is 26.7. The lowest BCUT2D eigenvalue weighted by Crippen LogP contribution is -2.31. The highest BCUT2D eigenvalue weighted by atomic mass is 16.6. The summed E-state index contributed by atoms with van der Waals surface area (Å²) < 4.78 is 30.1. The third-order valence-electron chi connectivity index (χ3n) is 7.40. The molecular formula is C33H50N6O5. The minimum atomic E-state index is 0.261. The predicted octanol–water partition coefficient (Wildman–Crippen LogP) is 4.67. The van der Waals surface area contributed by atoms with Gasteiger partial charge in [0.1, 0.15) is 5.82 Å². The van der Waals surface area contributed by atoms with E-state index in [0.29, 0.717) is 71.4 Å². The van der Waals surface area contributed by atoms with Crippen molar-refractivity contribution >= 4 is 11.8 Å². The molecule has 0 atom stereocenters. The third-order valence-corrected chi connectivity index (χ3v) is 7.40. The first-order valence-corrected chi connectivity index (χ1v) is 15.9. The number of hydrogen-bond donors (Lipinski definition) is 1. The van der Waals surface area contributed by atoms with E-state index >= 15 is 0 Å². The van der Waals surface area contributed by atoms with Crippen LogP contribution in [0.1, 0.15) is 44.6 Å². The number of nitrogens with zero attached hydrogens (tertiary/aromatic N) is 5. The van der Waals surface area contributed by atoms with Gasteiger partial charge in [-0.25, -0.2) is 14.6 Å². The SMILES string of the molecule is CCCOCCOCCOCCOCCOC1CCC(Nc2nccc(-c3cnn(Cc4ccccc4)c3N(C)C)n2)CC1. The molecule has 1 saturated carbocycles. The van der Waals surface area contributed by atoms with Crippen molar-refractivity contribution in [2.45, 2.75) is 57.7 Å². The smallest absolute Gasteiger partial charge is 0.223 e. The van der Waals surface area contributed by atoms with E-state index in [1.807, 2.05) is 43.3 Å². The van der Waals surface area contributed by atoms with Crippen LogP contribution in [0.3, 0.4) is 0 Å². The zero-order valence-corrected chi connectivity index (χ0v) is 26.7. The van der Waals surface area contributed by atoms with Crippen LogP contribution in [0, 0.1) is 0 Å². The van der Waals surface area contributed by atoms with Gasteiger partial charge in [-0.1, -0.05) is 37.3 Å². The molecule has 0 unspecified atom stereocenters. The van der Waals surface area contributed by atoms with Gasteiger partial charge in [0.25, 0.3) is 0 Å². The van der Waals surface area contributed by atoms with Gasteiger partial charge < -0.3 is 33.9 Å². The highest BCUT2D eigenvalue weighted by molar-refractivity contribution is 5.73. The highest BCUT2D eigenvalue weighted by Crippen LogP contribution is 2.30. The fraction of sp³-hybridized carbons (Fsp3) is 0.606. The van der Waals surface area contributed by atoms with Crippen molar-refractivity contribution in [3.63, 3.8) is 0 Å². The quantitative estimate of drug-likeness (QED) is 0.171. The van der Waals surface area contributed by atoms with Crippen molar-refractivity contribution in [3.8, 4) is 11.3 Å². The molecule has 1 aliphatic carbocycles. The van der Waals surface area contributed by atoms with E-state index in [1.54, 1.807) is 0 Å². The molecule has 11 nitrogen and oxygen atoms in total. The molecular weight excluding hydrogens is 560 g/mol. The number of aromatic nitrogens is 4. The molecule has 242 valence electrons. The number of nitrogens with one attached hydrogen (secondary N) is 1. The van der Waals surface area contributed by atoms with Gasteiger partial charge in [-0.3, -0.25) is 0 Å². The Morgan fingerprint density at radius 2 is 1.45 bits per heavy atom. The van der Waals surface area contributed by atoms with Gasteiger partial charge in [-0.2, -0.15) is 5.10 Å². The van der Waals surface area contributed by atoms with Crippen LogP contribution < -0.4 is 10.2 Å². The molecule has 0 aliphatic heterocycles. The Labute approximate surface area is 262 Å². The predicted molar refractivity (Wildman–Crippen MR) is 172 cm³/mol. The van der Waals surface area contributed by atoms with Crippen LogP contribution in [0.2, 0.25) is 0 Å². The molecule has 0 bridgehead atoms. The molecule has 1 fully saturated rings. The molecule has 2 heterocycles. The largest absolute Gasteiger partial charge is 0.379 e. The first-order chi connectivity index (χ1) is 21.6. The Hall–Kier alpha value is -3.09. The molecule has 11 heteroatoms. The van der Waals surface area contributed by atoms with Crippen molar-refractivity contribution in [3.05, 3.63) is 54.4 Å². The molecule has 0 spiro atoms. The van der Waals surface area contributed by atoms with Gasteiger partial charge in [0, 0.05) is 32.9 Å². The Morgan fingerprint density at radius 1 is 0.818 bits per heavy atom. The maximum absolute atomic E-state index is 6.07. The van der Waals surface area contributed by atoms with Crippen molar-refractivity contribution < 1.29 is 23.7 Å². The summed E-state index contributed by atoms with van der Waals surface area (Å²) in [6.45, 7) is 8.25. The molecule has 44 heavy (non-hydrogen) atoms. The number of ether oxygens (including phenoxy) is 5. The highest BCUT2D eigenvalue weighted by Gasteiger charge is 2.23. The summed E-state index contributed by atoms with van der Waals surface area (Å²) in [5.41, 5.74) is 3.04. The molecule has 1 aliphatic rings.